The third kappa shape index (κ3) is 8.91. The van der Waals surface area contributed by atoms with Crippen LogP contribution in [0.4, 0.5) is 0 Å². The Morgan fingerprint density at radius 1 is 0.895 bits per heavy atom. The molecule has 4 unspecified atom stereocenters. The van der Waals surface area contributed by atoms with Gasteiger partial charge in [0.1, 0.15) is 12.2 Å². The van der Waals surface area contributed by atoms with Gasteiger partial charge in [-0.2, -0.15) is 0 Å². The van der Waals surface area contributed by atoms with E-state index in [4.69, 9.17) is 14.2 Å². The fraction of sp³-hybridized carbons (Fsp3) is 0.714. The van der Waals surface area contributed by atoms with E-state index in [1.807, 2.05) is 13.8 Å². The Morgan fingerprint density at radius 3 is 1.42 bits per heavy atom. The van der Waals surface area contributed by atoms with Crippen LogP contribution in [0.1, 0.15) is 27.7 Å². The first-order valence-electron chi connectivity index (χ1n) is 6.27. The summed E-state index contributed by atoms with van der Waals surface area (Å²) in [7, 11) is 0. The molecule has 2 N–H and O–H groups in total. The third-order valence-electron chi connectivity index (χ3n) is 2.04. The molecule has 5 nitrogen and oxygen atoms in total. The van der Waals surface area contributed by atoms with Crippen LogP contribution in [0.15, 0.2) is 24.3 Å². The van der Waals surface area contributed by atoms with Gasteiger partial charge in [-0.15, -0.1) is 0 Å². The quantitative estimate of drug-likeness (QED) is 0.468. The Morgan fingerprint density at radius 2 is 1.21 bits per heavy atom. The normalized spacial score (nSPS) is 17.6. The van der Waals surface area contributed by atoms with Gasteiger partial charge in [-0.1, -0.05) is 24.3 Å². The molecule has 19 heavy (non-hydrogen) atoms. The van der Waals surface area contributed by atoms with Crippen LogP contribution in [-0.2, 0) is 14.2 Å². The predicted molar refractivity (Wildman–Crippen MR) is 73.6 cm³/mol. The van der Waals surface area contributed by atoms with Gasteiger partial charge in [0.05, 0.1) is 13.2 Å². The van der Waals surface area contributed by atoms with E-state index in [-0.39, 0.29) is 13.2 Å². The number of hydrogen-bond donors (Lipinski definition) is 2. The van der Waals surface area contributed by atoms with Crippen molar-refractivity contribution in [1.29, 1.82) is 0 Å². The molecule has 0 aromatic heterocycles. The van der Waals surface area contributed by atoms with E-state index in [0.717, 1.165) is 11.1 Å². The van der Waals surface area contributed by atoms with Gasteiger partial charge in [-0.25, -0.2) is 0 Å². The summed E-state index contributed by atoms with van der Waals surface area (Å²) in [6.45, 7) is 14.6. The summed E-state index contributed by atoms with van der Waals surface area (Å²) in [5, 5.41) is 19.2. The maximum atomic E-state index is 9.60. The van der Waals surface area contributed by atoms with E-state index in [2.05, 4.69) is 13.2 Å². The highest BCUT2D eigenvalue weighted by Crippen LogP contribution is 2.12. The molecule has 0 saturated heterocycles. The van der Waals surface area contributed by atoms with Crippen molar-refractivity contribution in [3.8, 4) is 0 Å². The molecule has 0 spiro atoms. The lowest BCUT2D eigenvalue weighted by Gasteiger charge is -2.28. The lowest BCUT2D eigenvalue weighted by molar-refractivity contribution is -0.286. The van der Waals surface area contributed by atoms with E-state index >= 15 is 0 Å². The predicted octanol–water partition coefficient (Wildman–Crippen LogP) is 1.60. The Hall–Kier alpha value is -0.720. The average molecular weight is 274 g/mol. The Bertz CT molecular complexity index is 258. The Labute approximate surface area is 115 Å². The second-order valence-electron chi connectivity index (χ2n) is 4.89. The highest BCUT2D eigenvalue weighted by Gasteiger charge is 2.25. The third-order valence-corrected chi connectivity index (χ3v) is 2.04. The van der Waals surface area contributed by atoms with Gasteiger partial charge in [-0.3, -0.25) is 0 Å². The first kappa shape index (κ1) is 18.3. The Balaban J connectivity index is 4.47. The molecule has 0 aliphatic heterocycles. The van der Waals surface area contributed by atoms with Crippen molar-refractivity contribution in [2.24, 2.45) is 0 Å². The summed E-state index contributed by atoms with van der Waals surface area (Å²) in [5.41, 5.74) is 1.62. The van der Waals surface area contributed by atoms with Crippen LogP contribution in [0.2, 0.25) is 0 Å². The monoisotopic (exact) mass is 274 g/mol. The molecule has 0 aromatic rings. The SMILES string of the molecule is C=C(C)COC(OC(OCC(=C)C)C(C)O)C(C)O. The summed E-state index contributed by atoms with van der Waals surface area (Å²) in [6, 6.07) is 0. The van der Waals surface area contributed by atoms with E-state index < -0.39 is 24.8 Å². The summed E-state index contributed by atoms with van der Waals surface area (Å²) >= 11 is 0. The topological polar surface area (TPSA) is 68.2 Å². The molecule has 0 saturated carbocycles. The van der Waals surface area contributed by atoms with Crippen molar-refractivity contribution < 1.29 is 24.4 Å². The molecule has 0 aliphatic rings. The zero-order valence-electron chi connectivity index (χ0n) is 12.3. The second kappa shape index (κ2) is 9.23. The number of rotatable bonds is 10. The van der Waals surface area contributed by atoms with Gasteiger partial charge in [0, 0.05) is 0 Å². The highest BCUT2D eigenvalue weighted by atomic mass is 16.8. The first-order valence-corrected chi connectivity index (χ1v) is 6.27. The zero-order valence-corrected chi connectivity index (χ0v) is 12.3. The highest BCUT2D eigenvalue weighted by molar-refractivity contribution is 4.88. The van der Waals surface area contributed by atoms with E-state index in [1.165, 1.54) is 0 Å². The minimum atomic E-state index is -0.888. The molecule has 5 heteroatoms. The molecule has 4 atom stereocenters. The number of aliphatic hydroxyl groups excluding tert-OH is 2. The van der Waals surface area contributed by atoms with E-state index in [1.54, 1.807) is 13.8 Å². The van der Waals surface area contributed by atoms with Gasteiger partial charge in [0.25, 0.3) is 0 Å². The first-order chi connectivity index (χ1) is 8.73. The van der Waals surface area contributed by atoms with Crippen LogP contribution >= 0.6 is 0 Å². The number of aliphatic hydroxyl groups is 2. The Kier molecular flexibility index (Phi) is 8.88. The summed E-state index contributed by atoms with van der Waals surface area (Å²) in [5.74, 6) is 0. The fourth-order valence-electron chi connectivity index (χ4n) is 1.17. The maximum Gasteiger partial charge on any atom is 0.186 e. The van der Waals surface area contributed by atoms with Gasteiger partial charge < -0.3 is 24.4 Å². The lowest BCUT2D eigenvalue weighted by Crippen LogP contribution is -2.40. The largest absolute Gasteiger partial charge is 0.388 e. The van der Waals surface area contributed by atoms with Gasteiger partial charge in [0.15, 0.2) is 12.6 Å². The lowest BCUT2D eigenvalue weighted by atomic mass is 10.3. The van der Waals surface area contributed by atoms with Crippen LogP contribution in [0.5, 0.6) is 0 Å². The summed E-state index contributed by atoms with van der Waals surface area (Å²) in [6.07, 6.45) is -3.48. The minimum Gasteiger partial charge on any atom is -0.388 e. The van der Waals surface area contributed by atoms with Crippen LogP contribution in [0.25, 0.3) is 0 Å². The second-order valence-corrected chi connectivity index (χ2v) is 4.89. The van der Waals surface area contributed by atoms with Gasteiger partial charge in [-0.05, 0) is 27.7 Å². The van der Waals surface area contributed by atoms with Crippen molar-refractivity contribution in [3.05, 3.63) is 24.3 Å². The van der Waals surface area contributed by atoms with Crippen LogP contribution in [0.3, 0.4) is 0 Å². The van der Waals surface area contributed by atoms with Crippen molar-refractivity contribution in [1.82, 2.24) is 0 Å². The average Bonchev–Trinajstić information content (AvgIpc) is 2.26. The summed E-state index contributed by atoms with van der Waals surface area (Å²) in [4.78, 5) is 0. The molecule has 0 amide bonds. The molecule has 0 fully saturated rings. The summed E-state index contributed by atoms with van der Waals surface area (Å²) < 4.78 is 16.2. The van der Waals surface area contributed by atoms with Crippen molar-refractivity contribution >= 4 is 0 Å². The van der Waals surface area contributed by atoms with Crippen molar-refractivity contribution in [3.63, 3.8) is 0 Å². The van der Waals surface area contributed by atoms with E-state index in [0.29, 0.717) is 0 Å². The smallest absolute Gasteiger partial charge is 0.186 e. The molecule has 0 rings (SSSR count). The van der Waals surface area contributed by atoms with Crippen LogP contribution in [-0.4, -0.2) is 48.2 Å². The van der Waals surface area contributed by atoms with Crippen LogP contribution in [0, 0.1) is 0 Å². The molecule has 0 aliphatic carbocycles. The molecule has 0 bridgehead atoms. The van der Waals surface area contributed by atoms with Gasteiger partial charge in [0.2, 0.25) is 0 Å². The molecule has 0 radical (unpaired) electrons. The molecule has 0 aromatic carbocycles. The number of ether oxygens (including phenoxy) is 3. The minimum absolute atomic E-state index is 0.266. The standard InChI is InChI=1S/C14H26O5/c1-9(2)7-17-13(11(5)15)19-14(12(6)16)18-8-10(3)4/h11-16H,1,3,7-8H2,2,4-6H3. The number of hydrogen-bond acceptors (Lipinski definition) is 5. The molecular weight excluding hydrogens is 248 g/mol. The molecule has 0 heterocycles. The van der Waals surface area contributed by atoms with Crippen molar-refractivity contribution in [2.75, 3.05) is 13.2 Å². The molecular formula is C14H26O5. The zero-order chi connectivity index (χ0) is 15.0. The fourth-order valence-corrected chi connectivity index (χ4v) is 1.17. The van der Waals surface area contributed by atoms with E-state index in [9.17, 15) is 10.2 Å². The van der Waals surface area contributed by atoms with Gasteiger partial charge >= 0.3 is 0 Å². The molecule has 112 valence electrons. The van der Waals surface area contributed by atoms with Crippen molar-refractivity contribution in [2.45, 2.75) is 52.5 Å². The maximum absolute atomic E-state index is 9.60. The van der Waals surface area contributed by atoms with Crippen LogP contribution < -0.4 is 0 Å².